The summed E-state index contributed by atoms with van der Waals surface area (Å²) in [7, 11) is 0. The lowest BCUT2D eigenvalue weighted by Gasteiger charge is -2.26. The molecule has 0 saturated heterocycles. The fourth-order valence-corrected chi connectivity index (χ4v) is 3.58. The number of H-pyrrole nitrogens is 1. The van der Waals surface area contributed by atoms with Gasteiger partial charge in [0.15, 0.2) is 10.6 Å². The summed E-state index contributed by atoms with van der Waals surface area (Å²) in [4.78, 5) is 13.6. The van der Waals surface area contributed by atoms with Crippen molar-refractivity contribution < 1.29 is 9.90 Å². The zero-order valence-electron chi connectivity index (χ0n) is 14.4. The molecule has 0 radical (unpaired) electrons. The number of carbonyl (C=O) groups excluding carboxylic acids is 1. The monoisotopic (exact) mass is 368 g/mol. The molecule has 2 atom stereocenters. The van der Waals surface area contributed by atoms with Gasteiger partial charge in [0, 0.05) is 0 Å². The molecule has 0 bridgehead atoms. The van der Waals surface area contributed by atoms with Gasteiger partial charge in [0.05, 0.1) is 17.5 Å². The minimum atomic E-state index is -0.526. The predicted octanol–water partition coefficient (Wildman–Crippen LogP) is 3.14. The van der Waals surface area contributed by atoms with E-state index in [9.17, 15) is 9.90 Å². The van der Waals surface area contributed by atoms with Crippen molar-refractivity contribution in [3.8, 4) is 10.7 Å². The van der Waals surface area contributed by atoms with Gasteiger partial charge in [-0.3, -0.25) is 14.5 Å². The molecule has 1 amide bonds. The Morgan fingerprint density at radius 1 is 1.54 bits per heavy atom. The summed E-state index contributed by atoms with van der Waals surface area (Å²) in [5.74, 6) is 0.461. The lowest BCUT2D eigenvalue weighted by atomic mass is 9.88. The van der Waals surface area contributed by atoms with Gasteiger partial charge in [0.2, 0.25) is 5.91 Å². The molecule has 0 saturated carbocycles. The fourth-order valence-electron chi connectivity index (χ4n) is 2.58. The predicted molar refractivity (Wildman–Crippen MR) is 98.5 cm³/mol. The molecule has 6 nitrogen and oxygen atoms in total. The summed E-state index contributed by atoms with van der Waals surface area (Å²) in [6.07, 6.45) is 0.691. The van der Waals surface area contributed by atoms with E-state index in [0.717, 1.165) is 4.88 Å². The highest BCUT2D eigenvalue weighted by Gasteiger charge is 2.25. The Balaban J connectivity index is 2.20. The van der Waals surface area contributed by atoms with Crippen LogP contribution in [0.4, 0.5) is 0 Å². The highest BCUT2D eigenvalue weighted by molar-refractivity contribution is 7.71. The number of hydrogen-bond donors (Lipinski definition) is 3. The standard InChI is InChI=1S/C16H24N4O2S2/c1-10(14(22)17-11(9-21)8-16(2,3)4)20-13(18-19-15(20)23)12-6-5-7-24-12/h5-7,10-11,21H,8-9H2,1-4H3,(H,17,22)(H,19,23)/t10-,11+/m0/s1. The second-order valence-electron chi connectivity index (χ2n) is 7.03. The fraction of sp³-hybridized carbons (Fsp3) is 0.562. The molecule has 24 heavy (non-hydrogen) atoms. The highest BCUT2D eigenvalue weighted by Crippen LogP contribution is 2.26. The molecule has 2 aromatic rings. The topological polar surface area (TPSA) is 82.9 Å². The normalized spacial score (nSPS) is 14.4. The van der Waals surface area contributed by atoms with Gasteiger partial charge in [-0.05, 0) is 42.4 Å². The highest BCUT2D eigenvalue weighted by atomic mass is 32.1. The first-order valence-electron chi connectivity index (χ1n) is 7.85. The quantitative estimate of drug-likeness (QED) is 0.684. The van der Waals surface area contributed by atoms with Crippen LogP contribution in [-0.2, 0) is 4.79 Å². The molecule has 2 heterocycles. The third-order valence-corrected chi connectivity index (χ3v) is 4.79. The van der Waals surface area contributed by atoms with Gasteiger partial charge < -0.3 is 10.4 Å². The van der Waals surface area contributed by atoms with Crippen LogP contribution < -0.4 is 5.32 Å². The van der Waals surface area contributed by atoms with Crippen molar-refractivity contribution in [2.24, 2.45) is 5.41 Å². The number of nitrogens with zero attached hydrogens (tertiary/aromatic N) is 2. The molecule has 0 spiro atoms. The zero-order chi connectivity index (χ0) is 17.9. The summed E-state index contributed by atoms with van der Waals surface area (Å²) in [5, 5.41) is 21.4. The van der Waals surface area contributed by atoms with E-state index < -0.39 is 6.04 Å². The van der Waals surface area contributed by atoms with Gasteiger partial charge in [-0.1, -0.05) is 26.8 Å². The Morgan fingerprint density at radius 2 is 2.25 bits per heavy atom. The SMILES string of the molecule is C[C@@H](C(=O)N[C@@H](CO)CC(C)(C)C)n1c(-c2cccs2)n[nH]c1=S. The maximum atomic E-state index is 12.6. The average Bonchev–Trinajstić information content (AvgIpc) is 3.13. The molecule has 2 aromatic heterocycles. The molecule has 8 heteroatoms. The molecule has 0 unspecified atom stereocenters. The van der Waals surface area contributed by atoms with E-state index in [1.54, 1.807) is 11.5 Å². The van der Waals surface area contributed by atoms with Gasteiger partial charge >= 0.3 is 0 Å². The van der Waals surface area contributed by atoms with Crippen LogP contribution in [-0.4, -0.2) is 38.4 Å². The van der Waals surface area contributed by atoms with E-state index in [1.807, 2.05) is 17.5 Å². The lowest BCUT2D eigenvalue weighted by molar-refractivity contribution is -0.125. The molecule has 3 N–H and O–H groups in total. The molecule has 132 valence electrons. The van der Waals surface area contributed by atoms with Crippen molar-refractivity contribution in [1.29, 1.82) is 0 Å². The van der Waals surface area contributed by atoms with Gasteiger partial charge in [0.1, 0.15) is 6.04 Å². The van der Waals surface area contributed by atoms with Crippen molar-refractivity contribution in [1.82, 2.24) is 20.1 Å². The number of aromatic nitrogens is 3. The van der Waals surface area contributed by atoms with Gasteiger partial charge in [0.25, 0.3) is 0 Å². The maximum Gasteiger partial charge on any atom is 0.243 e. The lowest BCUT2D eigenvalue weighted by Crippen LogP contribution is -2.43. The van der Waals surface area contributed by atoms with Crippen molar-refractivity contribution >= 4 is 29.5 Å². The van der Waals surface area contributed by atoms with Crippen molar-refractivity contribution in [2.75, 3.05) is 6.61 Å². The maximum absolute atomic E-state index is 12.6. The number of aromatic amines is 1. The summed E-state index contributed by atoms with van der Waals surface area (Å²) < 4.78 is 2.11. The molecule has 0 aliphatic heterocycles. The number of rotatable bonds is 6. The summed E-state index contributed by atoms with van der Waals surface area (Å²) in [6, 6.07) is 3.05. The van der Waals surface area contributed by atoms with Crippen molar-refractivity contribution in [2.45, 2.75) is 46.2 Å². The summed E-state index contributed by atoms with van der Waals surface area (Å²) in [6.45, 7) is 7.92. The molecule has 0 aromatic carbocycles. The van der Waals surface area contributed by atoms with Crippen LogP contribution in [0.25, 0.3) is 10.7 Å². The molecule has 2 rings (SSSR count). The smallest absolute Gasteiger partial charge is 0.243 e. The Kier molecular flexibility index (Phi) is 5.95. The van der Waals surface area contributed by atoms with Crippen LogP contribution >= 0.6 is 23.6 Å². The molecule has 0 fully saturated rings. The second kappa shape index (κ2) is 7.58. The molecular formula is C16H24N4O2S2. The van der Waals surface area contributed by atoms with Crippen LogP contribution in [0.5, 0.6) is 0 Å². The number of aliphatic hydroxyl groups excluding tert-OH is 1. The minimum Gasteiger partial charge on any atom is -0.394 e. The van der Waals surface area contributed by atoms with E-state index in [4.69, 9.17) is 12.2 Å². The Hall–Kier alpha value is -1.51. The van der Waals surface area contributed by atoms with E-state index in [2.05, 4.69) is 36.3 Å². The number of aliphatic hydroxyl groups is 1. The van der Waals surface area contributed by atoms with E-state index >= 15 is 0 Å². The number of thiophene rings is 1. The van der Waals surface area contributed by atoms with Crippen LogP contribution in [0.2, 0.25) is 0 Å². The molecular weight excluding hydrogens is 344 g/mol. The number of nitrogens with one attached hydrogen (secondary N) is 2. The second-order valence-corrected chi connectivity index (χ2v) is 8.36. The number of hydrogen-bond acceptors (Lipinski definition) is 5. The van der Waals surface area contributed by atoms with Crippen LogP contribution in [0.15, 0.2) is 17.5 Å². The van der Waals surface area contributed by atoms with Gasteiger partial charge in [-0.15, -0.1) is 11.3 Å². The first-order valence-corrected chi connectivity index (χ1v) is 9.13. The Labute approximate surface area is 150 Å². The Bertz CT molecular complexity index is 728. The molecule has 0 aliphatic rings. The average molecular weight is 369 g/mol. The number of carbonyl (C=O) groups is 1. The van der Waals surface area contributed by atoms with Crippen LogP contribution in [0.1, 0.15) is 40.2 Å². The van der Waals surface area contributed by atoms with E-state index in [1.165, 1.54) is 11.3 Å². The third-order valence-electron chi connectivity index (χ3n) is 3.64. The van der Waals surface area contributed by atoms with Gasteiger partial charge in [-0.25, -0.2) is 0 Å². The number of amides is 1. The summed E-state index contributed by atoms with van der Waals surface area (Å²) >= 11 is 6.83. The van der Waals surface area contributed by atoms with Gasteiger partial charge in [-0.2, -0.15) is 5.10 Å². The largest absolute Gasteiger partial charge is 0.394 e. The van der Waals surface area contributed by atoms with Crippen molar-refractivity contribution in [3.05, 3.63) is 22.3 Å². The molecule has 0 aliphatic carbocycles. The van der Waals surface area contributed by atoms with E-state index in [-0.39, 0.29) is 24.0 Å². The Morgan fingerprint density at radius 3 is 2.79 bits per heavy atom. The minimum absolute atomic E-state index is 0.0119. The van der Waals surface area contributed by atoms with E-state index in [0.29, 0.717) is 17.0 Å². The zero-order valence-corrected chi connectivity index (χ0v) is 16.0. The first kappa shape index (κ1) is 18.8. The summed E-state index contributed by atoms with van der Waals surface area (Å²) in [5.41, 5.74) is 0.0119. The van der Waals surface area contributed by atoms with Crippen molar-refractivity contribution in [3.63, 3.8) is 0 Å². The first-order chi connectivity index (χ1) is 11.2. The third kappa shape index (κ3) is 4.52. The van der Waals surface area contributed by atoms with Crippen LogP contribution in [0, 0.1) is 10.2 Å². The van der Waals surface area contributed by atoms with Crippen LogP contribution in [0.3, 0.4) is 0 Å².